The average molecular weight is 451 g/mol. The first-order chi connectivity index (χ1) is 15.7. The van der Waals surface area contributed by atoms with Crippen molar-refractivity contribution in [3.8, 4) is 0 Å². The van der Waals surface area contributed by atoms with E-state index in [0.717, 1.165) is 55.7 Å². The number of carbonyl (C=O) groups is 1. The molecule has 168 valence electrons. The van der Waals surface area contributed by atoms with Gasteiger partial charge in [-0.25, -0.2) is 9.78 Å². The highest BCUT2D eigenvalue weighted by molar-refractivity contribution is 7.09. The van der Waals surface area contributed by atoms with Crippen LogP contribution in [0.15, 0.2) is 54.6 Å². The van der Waals surface area contributed by atoms with E-state index in [1.54, 1.807) is 0 Å². The van der Waals surface area contributed by atoms with E-state index in [0.29, 0.717) is 13.1 Å². The van der Waals surface area contributed by atoms with E-state index in [-0.39, 0.29) is 6.03 Å². The highest BCUT2D eigenvalue weighted by Gasteiger charge is 2.20. The lowest BCUT2D eigenvalue weighted by molar-refractivity contribution is 0.231. The van der Waals surface area contributed by atoms with Gasteiger partial charge in [0.1, 0.15) is 5.82 Å². The molecule has 0 bridgehead atoms. The van der Waals surface area contributed by atoms with Crippen LogP contribution in [0.4, 0.5) is 9.93 Å². The molecule has 1 aliphatic heterocycles. The first kappa shape index (κ1) is 22.2. The van der Waals surface area contributed by atoms with Crippen molar-refractivity contribution in [3.05, 3.63) is 77.1 Å². The number of nitrogens with one attached hydrogen (secondary N) is 2. The topological polar surface area (TPSA) is 73.4 Å². The number of carbonyl (C=O) groups excluding carboxylic acids is 1. The van der Waals surface area contributed by atoms with Gasteiger partial charge in [-0.1, -0.05) is 60.2 Å². The number of rotatable bonds is 8. The highest BCUT2D eigenvalue weighted by atomic mass is 32.1. The maximum Gasteiger partial charge on any atom is 0.315 e. The number of aromatic nitrogens is 2. The average Bonchev–Trinajstić information content (AvgIpc) is 3.29. The number of nitrogens with zero attached hydrogens (tertiary/aromatic N) is 4. The standard InChI is InChI=1S/C24H30N6OS/c1-19-7-9-20(10-8-19)17-22-27-24(32-28-22)30-15-13-29(14-16-30)12-11-25-23(31)26-18-21-5-3-2-4-6-21/h2-10H,11-18H2,1H3,(H2,25,26,31). The summed E-state index contributed by atoms with van der Waals surface area (Å²) in [7, 11) is 0. The summed E-state index contributed by atoms with van der Waals surface area (Å²) in [5, 5.41) is 6.85. The molecular weight excluding hydrogens is 420 g/mol. The van der Waals surface area contributed by atoms with Crippen molar-refractivity contribution in [2.24, 2.45) is 0 Å². The lowest BCUT2D eigenvalue weighted by Gasteiger charge is -2.34. The Balaban J connectivity index is 1.14. The molecule has 0 saturated carbocycles. The molecule has 3 aromatic rings. The van der Waals surface area contributed by atoms with Gasteiger partial charge in [0.25, 0.3) is 0 Å². The molecule has 4 rings (SSSR count). The summed E-state index contributed by atoms with van der Waals surface area (Å²) in [4.78, 5) is 21.4. The van der Waals surface area contributed by atoms with Gasteiger partial charge in [-0.05, 0) is 18.1 Å². The summed E-state index contributed by atoms with van der Waals surface area (Å²) in [6.07, 6.45) is 0.773. The number of hydrogen-bond donors (Lipinski definition) is 2. The maximum atomic E-state index is 12.0. The lowest BCUT2D eigenvalue weighted by Crippen LogP contribution is -2.49. The molecule has 1 aromatic heterocycles. The number of urea groups is 1. The van der Waals surface area contributed by atoms with E-state index in [1.807, 2.05) is 30.3 Å². The molecule has 0 radical (unpaired) electrons. The van der Waals surface area contributed by atoms with Crippen molar-refractivity contribution in [3.63, 3.8) is 0 Å². The zero-order valence-electron chi connectivity index (χ0n) is 18.5. The van der Waals surface area contributed by atoms with E-state index in [4.69, 9.17) is 4.98 Å². The molecule has 32 heavy (non-hydrogen) atoms. The van der Waals surface area contributed by atoms with Crippen molar-refractivity contribution in [2.75, 3.05) is 44.2 Å². The molecular formula is C24H30N6OS. The molecule has 2 aromatic carbocycles. The van der Waals surface area contributed by atoms with E-state index < -0.39 is 0 Å². The van der Waals surface area contributed by atoms with Gasteiger partial charge in [0, 0.05) is 63.8 Å². The monoisotopic (exact) mass is 450 g/mol. The van der Waals surface area contributed by atoms with E-state index in [2.05, 4.69) is 56.0 Å². The molecule has 1 fully saturated rings. The van der Waals surface area contributed by atoms with Gasteiger partial charge < -0.3 is 15.5 Å². The fraction of sp³-hybridized carbons (Fsp3) is 0.375. The Hall–Kier alpha value is -2.97. The third kappa shape index (κ3) is 6.51. The van der Waals surface area contributed by atoms with Crippen LogP contribution in [-0.4, -0.2) is 59.6 Å². The minimum Gasteiger partial charge on any atom is -0.344 e. The number of aryl methyl sites for hydroxylation is 1. The first-order valence-corrected chi connectivity index (χ1v) is 11.8. The second-order valence-electron chi connectivity index (χ2n) is 8.08. The highest BCUT2D eigenvalue weighted by Crippen LogP contribution is 2.20. The Labute approximate surface area is 193 Å². The van der Waals surface area contributed by atoms with Crippen molar-refractivity contribution in [1.29, 1.82) is 0 Å². The van der Waals surface area contributed by atoms with Crippen molar-refractivity contribution >= 4 is 22.7 Å². The van der Waals surface area contributed by atoms with Crippen LogP contribution in [0.2, 0.25) is 0 Å². The van der Waals surface area contributed by atoms with Crippen LogP contribution in [0.3, 0.4) is 0 Å². The summed E-state index contributed by atoms with van der Waals surface area (Å²) in [5.74, 6) is 0.891. The normalized spacial score (nSPS) is 14.3. The number of hydrogen-bond acceptors (Lipinski definition) is 6. The Morgan fingerprint density at radius 3 is 2.47 bits per heavy atom. The maximum absolute atomic E-state index is 12.0. The van der Waals surface area contributed by atoms with Crippen LogP contribution in [-0.2, 0) is 13.0 Å². The molecule has 2 N–H and O–H groups in total. The molecule has 2 amide bonds. The minimum absolute atomic E-state index is 0.123. The molecule has 0 spiro atoms. The molecule has 8 heteroatoms. The molecule has 1 saturated heterocycles. The number of anilines is 1. The first-order valence-electron chi connectivity index (χ1n) is 11.1. The van der Waals surface area contributed by atoms with Crippen LogP contribution in [0, 0.1) is 6.92 Å². The smallest absolute Gasteiger partial charge is 0.315 e. The molecule has 1 aliphatic rings. The number of amides is 2. The van der Waals surface area contributed by atoms with Crippen LogP contribution in [0.5, 0.6) is 0 Å². The Morgan fingerprint density at radius 2 is 1.72 bits per heavy atom. The van der Waals surface area contributed by atoms with Gasteiger partial charge in [-0.3, -0.25) is 4.90 Å². The van der Waals surface area contributed by atoms with E-state index in [1.165, 1.54) is 22.7 Å². The predicted molar refractivity (Wildman–Crippen MR) is 129 cm³/mol. The van der Waals surface area contributed by atoms with Gasteiger partial charge >= 0.3 is 6.03 Å². The van der Waals surface area contributed by atoms with E-state index >= 15 is 0 Å². The Kier molecular flexibility index (Phi) is 7.68. The van der Waals surface area contributed by atoms with Gasteiger partial charge in [0.15, 0.2) is 0 Å². The zero-order valence-corrected chi connectivity index (χ0v) is 19.3. The number of benzene rings is 2. The largest absolute Gasteiger partial charge is 0.344 e. The second kappa shape index (κ2) is 11.1. The second-order valence-corrected chi connectivity index (χ2v) is 8.81. The fourth-order valence-corrected chi connectivity index (χ4v) is 4.40. The summed E-state index contributed by atoms with van der Waals surface area (Å²) in [5.41, 5.74) is 3.60. The molecule has 0 unspecified atom stereocenters. The zero-order chi connectivity index (χ0) is 22.2. The van der Waals surface area contributed by atoms with Crippen LogP contribution < -0.4 is 15.5 Å². The summed E-state index contributed by atoms with van der Waals surface area (Å²) in [6, 6.07) is 18.3. The Morgan fingerprint density at radius 1 is 0.969 bits per heavy atom. The Bertz CT molecular complexity index is 983. The summed E-state index contributed by atoms with van der Waals surface area (Å²) >= 11 is 1.49. The van der Waals surface area contributed by atoms with Crippen molar-refractivity contribution in [2.45, 2.75) is 19.9 Å². The summed E-state index contributed by atoms with van der Waals surface area (Å²) in [6.45, 7) is 7.90. The van der Waals surface area contributed by atoms with Gasteiger partial charge in [0.2, 0.25) is 5.13 Å². The summed E-state index contributed by atoms with van der Waals surface area (Å²) < 4.78 is 4.56. The third-order valence-electron chi connectivity index (χ3n) is 5.59. The van der Waals surface area contributed by atoms with Crippen LogP contribution >= 0.6 is 11.5 Å². The van der Waals surface area contributed by atoms with Gasteiger partial charge in [-0.15, -0.1) is 0 Å². The van der Waals surface area contributed by atoms with E-state index in [9.17, 15) is 4.79 Å². The molecule has 7 nitrogen and oxygen atoms in total. The quantitative estimate of drug-likeness (QED) is 0.552. The predicted octanol–water partition coefficient (Wildman–Crippen LogP) is 3.06. The van der Waals surface area contributed by atoms with Crippen molar-refractivity contribution < 1.29 is 4.79 Å². The third-order valence-corrected chi connectivity index (χ3v) is 6.41. The molecule has 2 heterocycles. The number of piperazine rings is 1. The van der Waals surface area contributed by atoms with Gasteiger partial charge in [-0.2, -0.15) is 4.37 Å². The minimum atomic E-state index is -0.123. The van der Waals surface area contributed by atoms with Gasteiger partial charge in [0.05, 0.1) is 0 Å². The van der Waals surface area contributed by atoms with Crippen LogP contribution in [0.25, 0.3) is 0 Å². The lowest BCUT2D eigenvalue weighted by atomic mass is 10.1. The molecule has 0 atom stereocenters. The SMILES string of the molecule is Cc1ccc(Cc2nsc(N3CCN(CCNC(=O)NCc4ccccc4)CC3)n2)cc1. The molecule has 0 aliphatic carbocycles. The fourth-order valence-electron chi connectivity index (χ4n) is 3.66. The van der Waals surface area contributed by atoms with Crippen molar-refractivity contribution in [1.82, 2.24) is 24.9 Å². The van der Waals surface area contributed by atoms with Crippen LogP contribution in [0.1, 0.15) is 22.5 Å².